The third-order valence-corrected chi connectivity index (χ3v) is 19.4. The molecular weight excluding hydrogens is 1670 g/mol. The standard InChI is InChI=1S/C23H17ClN6O3.C23H16F3N5O3.C22H15F2N5O2.C21H20N6O2/c1-32-14-3-5-16-19(11-14)26-9-8-20(16)33-12-22-28-27-21-7-6-18(29-30(21)22)13-2-4-15(23(25)31)17(24)10-13;1-32-15-5-6-17-19(12-15)27-10-9-20(17)33-13-22-29-28-21-8-7-18(30-31(21)22)14-3-2-4-16(11-14)34-23(24,25)26;1-30-14-3-4-15-19(11-14)25-9-8-20(15)31-12-22-27-26-21-7-6-18(28-29(21)22)13-2-5-16(23)17(24)10-13;1-26(2)12-4-5-15-6-9-20-23-24-21(27(20)25-15)14-29-19-10-11-22-18-13-16(28-3)7-8-17(18)19/h2-11H,12H2,1H3,(H2,25,31);2-12H,13H2,1H3;2-11H,12H2,1H3;6-11,13H,12,14H2,1-3H3. The van der Waals surface area contributed by atoms with Gasteiger partial charge in [0.15, 0.2) is 57.5 Å². The van der Waals surface area contributed by atoms with E-state index in [4.69, 9.17) is 55.2 Å². The predicted molar refractivity (Wildman–Crippen MR) is 456 cm³/mol. The number of carbonyl (C=O) groups is 1. The number of aromatic nitrogens is 20. The molecule has 0 aliphatic rings. The Balaban J connectivity index is 0.000000125. The van der Waals surface area contributed by atoms with Gasteiger partial charge in [-0.25, -0.2) is 8.78 Å². The van der Waals surface area contributed by atoms with Gasteiger partial charge in [0.05, 0.1) is 84.7 Å². The van der Waals surface area contributed by atoms with Gasteiger partial charge in [-0.3, -0.25) is 29.6 Å². The predicted octanol–water partition coefficient (Wildman–Crippen LogP) is 14.9. The zero-order valence-electron chi connectivity index (χ0n) is 67.8. The number of alkyl halides is 3. The molecule has 32 nitrogen and oxygen atoms in total. The van der Waals surface area contributed by atoms with Crippen LogP contribution in [0, 0.1) is 23.5 Å². The Kier molecular flexibility index (Phi) is 24.8. The second kappa shape index (κ2) is 37.5. The van der Waals surface area contributed by atoms with Gasteiger partial charge in [0.2, 0.25) is 5.91 Å². The number of halogens is 6. The molecule has 0 radical (unpaired) electrons. The number of nitrogens with zero attached hydrogens (tertiary/aromatic N) is 21. The Morgan fingerprint density at radius 1 is 0.409 bits per heavy atom. The SMILES string of the molecule is COc1ccc2c(OCc3nnc4ccc(-c5ccc(C(N)=O)c(Cl)c5)nn34)ccnc2c1.COc1ccc2c(OCc3nnc4ccc(-c5ccc(F)c(F)c5)nn34)ccnc2c1.COc1ccc2c(OCc3nnc4ccc(-c5cccc(OC(F)(F)F)c5)nn34)ccnc2c1.COc1ccc2c(OCc3nnc4ccc(C#CCN(C)C)nn34)ccnc2c1. The van der Waals surface area contributed by atoms with Crippen LogP contribution in [0.1, 0.15) is 39.3 Å². The van der Waals surface area contributed by atoms with Crippen molar-refractivity contribution in [2.45, 2.75) is 32.8 Å². The molecule has 38 heteroatoms. The van der Waals surface area contributed by atoms with E-state index in [-0.39, 0.29) is 42.8 Å². The van der Waals surface area contributed by atoms with E-state index in [0.717, 1.165) is 67.3 Å². The lowest BCUT2D eigenvalue weighted by atomic mass is 10.1. The van der Waals surface area contributed by atoms with Gasteiger partial charge < -0.3 is 48.4 Å². The lowest BCUT2D eigenvalue weighted by Crippen LogP contribution is -2.17. The second-order valence-electron chi connectivity index (χ2n) is 27.6. The van der Waals surface area contributed by atoms with Crippen LogP contribution < -0.4 is 48.4 Å². The highest BCUT2D eigenvalue weighted by Gasteiger charge is 2.31. The van der Waals surface area contributed by atoms with E-state index in [1.165, 1.54) is 33.3 Å². The van der Waals surface area contributed by atoms with Crippen molar-refractivity contribution in [2.24, 2.45) is 5.73 Å². The fourth-order valence-electron chi connectivity index (χ4n) is 12.9. The third kappa shape index (κ3) is 19.5. The van der Waals surface area contributed by atoms with Gasteiger partial charge in [0.1, 0.15) is 83.9 Å². The van der Waals surface area contributed by atoms with Crippen LogP contribution in [0.3, 0.4) is 0 Å². The Morgan fingerprint density at radius 3 is 1.14 bits per heavy atom. The number of hydrogen-bond donors (Lipinski definition) is 1. The van der Waals surface area contributed by atoms with Crippen molar-refractivity contribution in [3.05, 3.63) is 282 Å². The lowest BCUT2D eigenvalue weighted by Gasteiger charge is -2.10. The molecule has 127 heavy (non-hydrogen) atoms. The van der Waals surface area contributed by atoms with Crippen molar-refractivity contribution in [1.29, 1.82) is 0 Å². The number of ether oxygens (including phenoxy) is 9. The number of nitrogens with two attached hydrogens (primary N) is 1. The number of methoxy groups -OCH3 is 4. The van der Waals surface area contributed by atoms with E-state index in [9.17, 15) is 26.7 Å². The maximum atomic E-state index is 13.6. The molecule has 1 amide bonds. The monoisotopic (exact) mass is 1730 g/mol. The minimum absolute atomic E-state index is 0.0555. The van der Waals surface area contributed by atoms with Gasteiger partial charge in [-0.05, 0) is 184 Å². The van der Waals surface area contributed by atoms with Gasteiger partial charge in [-0.1, -0.05) is 35.7 Å². The molecule has 2 N–H and O–H groups in total. The number of pyridine rings is 4. The van der Waals surface area contributed by atoms with Crippen LogP contribution in [0.4, 0.5) is 22.0 Å². The molecule has 0 aliphatic heterocycles. The van der Waals surface area contributed by atoms with E-state index in [0.29, 0.717) is 126 Å². The third-order valence-electron chi connectivity index (χ3n) is 19.1. The molecule has 19 rings (SSSR count). The molecule has 12 aromatic heterocycles. The topological polar surface area (TPSA) is 353 Å². The number of carbonyl (C=O) groups excluding carboxylic acids is 1. The molecule has 636 valence electrons. The number of hydrogen-bond acceptors (Lipinski definition) is 27. The summed E-state index contributed by atoms with van der Waals surface area (Å²) in [5.41, 5.74) is 14.5. The minimum atomic E-state index is -4.78. The molecule has 0 spiro atoms. The summed E-state index contributed by atoms with van der Waals surface area (Å²) in [4.78, 5) is 30.9. The van der Waals surface area contributed by atoms with E-state index in [1.54, 1.807) is 147 Å². The van der Waals surface area contributed by atoms with Crippen LogP contribution in [0.15, 0.2) is 231 Å². The number of primary amides is 1. The minimum Gasteiger partial charge on any atom is -0.497 e. The summed E-state index contributed by atoms with van der Waals surface area (Å²) in [6.07, 6.45) is 1.88. The quantitative estimate of drug-likeness (QED) is 0.0486. The second-order valence-corrected chi connectivity index (χ2v) is 28.1. The fraction of sp³-hybridized carbons (Fsp3) is 0.135. The van der Waals surface area contributed by atoms with Crippen molar-refractivity contribution in [2.75, 3.05) is 49.1 Å². The number of benzene rings is 7. The van der Waals surface area contributed by atoms with Crippen molar-refractivity contribution >= 4 is 83.7 Å². The fourth-order valence-corrected chi connectivity index (χ4v) is 13.2. The molecule has 0 bridgehead atoms. The van der Waals surface area contributed by atoms with Crippen molar-refractivity contribution < 1.29 is 69.4 Å². The Hall–Kier alpha value is -16.5. The molecule has 12 heterocycles. The number of fused-ring (bicyclic) bond motifs is 8. The molecule has 0 unspecified atom stereocenters. The molecular formula is C89H68ClF5N22O10. The van der Waals surface area contributed by atoms with E-state index in [1.807, 2.05) is 104 Å². The maximum Gasteiger partial charge on any atom is 0.573 e. The van der Waals surface area contributed by atoms with Gasteiger partial charge >= 0.3 is 6.36 Å². The summed E-state index contributed by atoms with van der Waals surface area (Å²) >= 11 is 6.19. The highest BCUT2D eigenvalue weighted by Crippen LogP contribution is 2.35. The van der Waals surface area contributed by atoms with E-state index < -0.39 is 23.9 Å². The largest absolute Gasteiger partial charge is 0.573 e. The van der Waals surface area contributed by atoms with Crippen molar-refractivity contribution in [3.63, 3.8) is 0 Å². The highest BCUT2D eigenvalue weighted by atomic mass is 35.5. The zero-order chi connectivity index (χ0) is 88.2. The number of rotatable bonds is 22. The van der Waals surface area contributed by atoms with Crippen LogP contribution in [0.25, 0.3) is 100.0 Å². The molecule has 0 atom stereocenters. The average Bonchev–Trinajstić information content (AvgIpc) is 1.57. The first-order valence-corrected chi connectivity index (χ1v) is 38.7. The molecule has 0 fully saturated rings. The van der Waals surface area contributed by atoms with Gasteiger partial charge in [-0.2, -0.15) is 38.5 Å². The molecule has 0 aliphatic carbocycles. The Bertz CT molecular complexity index is 7380. The summed E-state index contributed by atoms with van der Waals surface area (Å²) in [6.45, 7) is 1.18. The van der Waals surface area contributed by atoms with Gasteiger partial charge in [-0.15, -0.1) is 54.0 Å². The zero-order valence-corrected chi connectivity index (χ0v) is 68.5. The molecule has 0 saturated heterocycles. The van der Waals surface area contributed by atoms with E-state index in [2.05, 4.69) is 97.7 Å². The maximum absolute atomic E-state index is 13.6. The van der Waals surface area contributed by atoms with Crippen LogP contribution in [-0.2, 0) is 26.4 Å². The summed E-state index contributed by atoms with van der Waals surface area (Å²) in [5, 5.41) is 54.9. The summed E-state index contributed by atoms with van der Waals surface area (Å²) in [5.74, 6) is 10.8. The first-order chi connectivity index (χ1) is 61.7. The first-order valence-electron chi connectivity index (χ1n) is 38.3. The average molecular weight is 1740 g/mol. The Labute approximate surface area is 720 Å². The summed E-state index contributed by atoms with van der Waals surface area (Å²) in [6, 6.07) is 57.5. The van der Waals surface area contributed by atoms with E-state index >= 15 is 0 Å². The van der Waals surface area contributed by atoms with Gasteiger partial charge in [0, 0.05) is 87.3 Å². The molecule has 7 aromatic carbocycles. The first kappa shape index (κ1) is 84.1. The van der Waals surface area contributed by atoms with Gasteiger partial charge in [0.25, 0.3) is 0 Å². The summed E-state index contributed by atoms with van der Waals surface area (Å²) < 4.78 is 120. The number of amides is 1. The lowest BCUT2D eigenvalue weighted by molar-refractivity contribution is -0.274. The van der Waals surface area contributed by atoms with Crippen molar-refractivity contribution in [3.8, 4) is 97.4 Å². The smallest absolute Gasteiger partial charge is 0.497 e. The molecule has 19 aromatic rings. The highest BCUT2D eigenvalue weighted by molar-refractivity contribution is 6.34. The normalized spacial score (nSPS) is 11.2. The van der Waals surface area contributed by atoms with Crippen LogP contribution in [-0.4, -0.2) is 165 Å². The summed E-state index contributed by atoms with van der Waals surface area (Å²) in [7, 11) is 10.4. The molecule has 0 saturated carbocycles. The Morgan fingerprint density at radius 2 is 0.780 bits per heavy atom. The van der Waals surface area contributed by atoms with Crippen molar-refractivity contribution in [1.82, 2.24) is 104 Å². The van der Waals surface area contributed by atoms with Crippen LogP contribution >= 0.6 is 11.6 Å². The van der Waals surface area contributed by atoms with Crippen LogP contribution in [0.2, 0.25) is 5.02 Å². The van der Waals surface area contributed by atoms with Crippen LogP contribution in [0.5, 0.6) is 51.7 Å².